The fourth-order valence-corrected chi connectivity index (χ4v) is 2.91. The second-order valence-electron chi connectivity index (χ2n) is 6.25. The van der Waals surface area contributed by atoms with Crippen molar-refractivity contribution in [2.24, 2.45) is 16.6 Å². The van der Waals surface area contributed by atoms with Gasteiger partial charge < -0.3 is 16.0 Å². The lowest BCUT2D eigenvalue weighted by molar-refractivity contribution is -0.128. The molecule has 1 saturated heterocycles. The summed E-state index contributed by atoms with van der Waals surface area (Å²) < 4.78 is 0. The molecular weight excluding hydrogens is 403 g/mol. The molecule has 126 valence electrons. The number of aliphatic imine (C=N–C) groups is 1. The van der Waals surface area contributed by atoms with E-state index in [9.17, 15) is 4.79 Å². The van der Waals surface area contributed by atoms with Gasteiger partial charge in [-0.25, -0.2) is 0 Å². The van der Waals surface area contributed by atoms with Crippen LogP contribution in [0.25, 0.3) is 0 Å². The fourth-order valence-electron chi connectivity index (χ4n) is 2.91. The third-order valence-corrected chi connectivity index (χ3v) is 4.38. The van der Waals surface area contributed by atoms with Crippen molar-refractivity contribution in [3.05, 3.63) is 29.8 Å². The van der Waals surface area contributed by atoms with Crippen molar-refractivity contribution in [1.29, 1.82) is 0 Å². The largest absolute Gasteiger partial charge is 0.370 e. The number of nitrogens with two attached hydrogens (primary N) is 1. The van der Waals surface area contributed by atoms with Gasteiger partial charge in [-0.2, -0.15) is 0 Å². The third-order valence-electron chi connectivity index (χ3n) is 4.38. The Morgan fingerprint density at radius 2 is 2.04 bits per heavy atom. The second-order valence-corrected chi connectivity index (χ2v) is 6.25. The summed E-state index contributed by atoms with van der Waals surface area (Å²) in [6, 6.07) is 8.69. The SMILES string of the molecule is CCc1ccc(NC(N)=NCC2CC(=O)N(C3CC3)C2)cc1.I. The summed E-state index contributed by atoms with van der Waals surface area (Å²) in [6.07, 6.45) is 3.97. The Bertz CT molecular complexity index is 568. The molecule has 1 amide bonds. The zero-order chi connectivity index (χ0) is 15.5. The van der Waals surface area contributed by atoms with Gasteiger partial charge in [0.1, 0.15) is 0 Å². The average molecular weight is 428 g/mol. The Morgan fingerprint density at radius 3 is 2.65 bits per heavy atom. The van der Waals surface area contributed by atoms with Gasteiger partial charge in [0.15, 0.2) is 5.96 Å². The number of amides is 1. The number of hydrogen-bond donors (Lipinski definition) is 2. The van der Waals surface area contributed by atoms with Crippen molar-refractivity contribution >= 4 is 41.5 Å². The van der Waals surface area contributed by atoms with Gasteiger partial charge in [-0.1, -0.05) is 19.1 Å². The first-order valence-corrected chi connectivity index (χ1v) is 8.11. The first-order valence-electron chi connectivity index (χ1n) is 8.11. The number of anilines is 1. The monoisotopic (exact) mass is 428 g/mol. The third kappa shape index (κ3) is 4.83. The number of rotatable bonds is 5. The van der Waals surface area contributed by atoms with Gasteiger partial charge in [-0.3, -0.25) is 9.79 Å². The number of aryl methyl sites for hydroxylation is 1. The maximum absolute atomic E-state index is 11.9. The molecule has 0 radical (unpaired) electrons. The average Bonchev–Trinajstić information content (AvgIpc) is 3.29. The Labute approximate surface area is 154 Å². The summed E-state index contributed by atoms with van der Waals surface area (Å²) in [7, 11) is 0. The molecule has 1 aromatic rings. The Balaban J connectivity index is 0.00000192. The van der Waals surface area contributed by atoms with E-state index in [2.05, 4.69) is 29.4 Å². The number of hydrogen-bond acceptors (Lipinski definition) is 2. The summed E-state index contributed by atoms with van der Waals surface area (Å²) >= 11 is 0. The van der Waals surface area contributed by atoms with Gasteiger partial charge in [0.25, 0.3) is 0 Å². The summed E-state index contributed by atoms with van der Waals surface area (Å²) in [4.78, 5) is 18.3. The number of likely N-dealkylation sites (tertiary alicyclic amines) is 1. The predicted octanol–water partition coefficient (Wildman–Crippen LogP) is 2.60. The van der Waals surface area contributed by atoms with Crippen LogP contribution in [0.4, 0.5) is 5.69 Å². The van der Waals surface area contributed by atoms with Crippen LogP contribution in [0.2, 0.25) is 0 Å². The number of benzene rings is 1. The molecule has 1 heterocycles. The maximum Gasteiger partial charge on any atom is 0.223 e. The number of nitrogens with zero attached hydrogens (tertiary/aromatic N) is 2. The van der Waals surface area contributed by atoms with E-state index in [-0.39, 0.29) is 29.9 Å². The van der Waals surface area contributed by atoms with Gasteiger partial charge in [0.2, 0.25) is 5.91 Å². The van der Waals surface area contributed by atoms with Crippen LogP contribution in [0.1, 0.15) is 31.7 Å². The first kappa shape index (κ1) is 18.0. The minimum atomic E-state index is 0. The summed E-state index contributed by atoms with van der Waals surface area (Å²) in [6.45, 7) is 3.58. The van der Waals surface area contributed by atoms with E-state index in [1.54, 1.807) is 0 Å². The van der Waals surface area contributed by atoms with Crippen LogP contribution in [0.5, 0.6) is 0 Å². The van der Waals surface area contributed by atoms with Crippen molar-refractivity contribution in [2.45, 2.75) is 38.6 Å². The molecule has 3 N–H and O–H groups in total. The minimum Gasteiger partial charge on any atom is -0.370 e. The van der Waals surface area contributed by atoms with Crippen molar-refractivity contribution in [3.8, 4) is 0 Å². The van der Waals surface area contributed by atoms with E-state index >= 15 is 0 Å². The molecule has 1 aliphatic heterocycles. The zero-order valence-corrected chi connectivity index (χ0v) is 15.8. The Morgan fingerprint density at radius 1 is 1.35 bits per heavy atom. The lowest BCUT2D eigenvalue weighted by Crippen LogP contribution is -2.28. The zero-order valence-electron chi connectivity index (χ0n) is 13.5. The standard InChI is InChI=1S/C17H24N4O.HI/c1-2-12-3-5-14(6-4-12)20-17(18)19-10-13-9-16(22)21(11-13)15-7-8-15;/h3-6,13,15H,2,7-11H2,1H3,(H3,18,19,20);1H. The van der Waals surface area contributed by atoms with Crippen molar-refractivity contribution in [1.82, 2.24) is 4.90 Å². The number of carbonyl (C=O) groups is 1. The van der Waals surface area contributed by atoms with Crippen LogP contribution in [0, 0.1) is 5.92 Å². The number of halogens is 1. The highest BCUT2D eigenvalue weighted by atomic mass is 127. The van der Waals surface area contributed by atoms with Crippen LogP contribution in [-0.2, 0) is 11.2 Å². The van der Waals surface area contributed by atoms with Crippen LogP contribution in [0.15, 0.2) is 29.3 Å². The topological polar surface area (TPSA) is 70.7 Å². The fraction of sp³-hybridized carbons (Fsp3) is 0.529. The highest BCUT2D eigenvalue weighted by Crippen LogP contribution is 2.32. The van der Waals surface area contributed by atoms with Gasteiger partial charge in [-0.15, -0.1) is 24.0 Å². The maximum atomic E-state index is 11.9. The highest BCUT2D eigenvalue weighted by molar-refractivity contribution is 14.0. The molecule has 0 aromatic heterocycles. The van der Waals surface area contributed by atoms with E-state index in [1.807, 2.05) is 17.0 Å². The predicted molar refractivity (Wildman–Crippen MR) is 104 cm³/mol. The minimum absolute atomic E-state index is 0. The van der Waals surface area contributed by atoms with Crippen LogP contribution >= 0.6 is 24.0 Å². The van der Waals surface area contributed by atoms with Gasteiger partial charge in [0, 0.05) is 37.2 Å². The number of carbonyl (C=O) groups excluding carboxylic acids is 1. The second kappa shape index (κ2) is 7.99. The summed E-state index contributed by atoms with van der Waals surface area (Å²) in [5.74, 6) is 1.00. The van der Waals surface area contributed by atoms with Crippen molar-refractivity contribution in [2.75, 3.05) is 18.4 Å². The number of nitrogens with one attached hydrogen (secondary N) is 1. The van der Waals surface area contributed by atoms with Crippen LogP contribution in [0.3, 0.4) is 0 Å². The molecular formula is C17H25IN4O. The van der Waals surface area contributed by atoms with E-state index in [4.69, 9.17) is 5.73 Å². The van der Waals surface area contributed by atoms with Gasteiger partial charge in [-0.05, 0) is 37.0 Å². The highest BCUT2D eigenvalue weighted by Gasteiger charge is 2.38. The van der Waals surface area contributed by atoms with E-state index < -0.39 is 0 Å². The lowest BCUT2D eigenvalue weighted by atomic mass is 10.1. The Kier molecular flexibility index (Phi) is 6.26. The lowest BCUT2D eigenvalue weighted by Gasteiger charge is -2.14. The molecule has 23 heavy (non-hydrogen) atoms. The molecule has 3 rings (SSSR count). The number of guanidine groups is 1. The van der Waals surface area contributed by atoms with Crippen molar-refractivity contribution in [3.63, 3.8) is 0 Å². The normalized spacial score (nSPS) is 21.3. The van der Waals surface area contributed by atoms with E-state index in [0.717, 1.165) is 18.7 Å². The molecule has 2 fully saturated rings. The molecule has 1 unspecified atom stereocenters. The molecule has 0 bridgehead atoms. The molecule has 0 spiro atoms. The molecule has 1 atom stereocenters. The quantitative estimate of drug-likeness (QED) is 0.431. The molecule has 2 aliphatic rings. The van der Waals surface area contributed by atoms with Crippen LogP contribution in [-0.4, -0.2) is 35.9 Å². The van der Waals surface area contributed by atoms with E-state index in [1.165, 1.54) is 18.4 Å². The molecule has 1 saturated carbocycles. The van der Waals surface area contributed by atoms with Gasteiger partial charge in [0.05, 0.1) is 0 Å². The molecule has 1 aliphatic carbocycles. The van der Waals surface area contributed by atoms with Crippen molar-refractivity contribution < 1.29 is 4.79 Å². The summed E-state index contributed by atoms with van der Waals surface area (Å²) in [5, 5.41) is 3.10. The van der Waals surface area contributed by atoms with Gasteiger partial charge >= 0.3 is 0 Å². The molecule has 6 heteroatoms. The summed E-state index contributed by atoms with van der Waals surface area (Å²) in [5.41, 5.74) is 8.18. The smallest absolute Gasteiger partial charge is 0.223 e. The van der Waals surface area contributed by atoms with Crippen LogP contribution < -0.4 is 11.1 Å². The Hall–Kier alpha value is -1.31. The first-order chi connectivity index (χ1) is 10.7. The molecule has 5 nitrogen and oxygen atoms in total. The molecule has 1 aromatic carbocycles. The van der Waals surface area contributed by atoms with E-state index in [0.29, 0.717) is 30.9 Å².